The van der Waals surface area contributed by atoms with Gasteiger partial charge in [-0.05, 0) is 79.8 Å². The van der Waals surface area contributed by atoms with Crippen LogP contribution >= 0.6 is 11.3 Å². The molecule has 0 aliphatic heterocycles. The summed E-state index contributed by atoms with van der Waals surface area (Å²) in [4.78, 5) is 10.3. The van der Waals surface area contributed by atoms with E-state index < -0.39 is 0 Å². The summed E-state index contributed by atoms with van der Waals surface area (Å²) < 4.78 is 2.66. The Kier molecular flexibility index (Phi) is 5.78. The van der Waals surface area contributed by atoms with Crippen LogP contribution in [0.1, 0.15) is 0 Å². The number of aromatic nitrogens is 2. The van der Waals surface area contributed by atoms with Crippen LogP contribution < -0.4 is 0 Å². The van der Waals surface area contributed by atoms with Crippen LogP contribution in [0.25, 0.3) is 97.2 Å². The molecule has 0 aliphatic rings. The Morgan fingerprint density at radius 2 is 1.09 bits per heavy atom. The molecule has 0 aliphatic carbocycles. The van der Waals surface area contributed by atoms with Gasteiger partial charge in [-0.2, -0.15) is 0 Å². The standard InChI is InChI=1S/C44H26N2S/c1-2-9-27(10-3-1)29-11-8-12-32(23-29)43-36-14-4-6-15-39(36)45-44(46-43)33-21-22-34-30(24-33)19-17-28-18-20-31-25-38-35-13-5-7-16-40(35)47-41(38)26-37(31)42(28)34/h1-26H. The number of fused-ring (bicyclic) bond motifs is 9. The largest absolute Gasteiger partial charge is 0.228 e. The fourth-order valence-electron chi connectivity index (χ4n) is 7.15. The van der Waals surface area contributed by atoms with E-state index in [0.717, 1.165) is 33.5 Å². The van der Waals surface area contributed by atoms with Gasteiger partial charge in [-0.25, -0.2) is 9.97 Å². The van der Waals surface area contributed by atoms with Crippen molar-refractivity contribution >= 4 is 74.7 Å². The Morgan fingerprint density at radius 3 is 1.98 bits per heavy atom. The minimum atomic E-state index is 0.732. The predicted molar refractivity (Wildman–Crippen MR) is 201 cm³/mol. The third-order valence-electron chi connectivity index (χ3n) is 9.42. The highest BCUT2D eigenvalue weighted by molar-refractivity contribution is 7.25. The smallest absolute Gasteiger partial charge is 0.160 e. The van der Waals surface area contributed by atoms with Crippen LogP contribution in [-0.2, 0) is 0 Å². The summed E-state index contributed by atoms with van der Waals surface area (Å²) in [5, 5.41) is 11.2. The minimum absolute atomic E-state index is 0.732. The maximum atomic E-state index is 5.24. The molecule has 10 aromatic rings. The highest BCUT2D eigenvalue weighted by atomic mass is 32.1. The molecule has 8 aromatic carbocycles. The lowest BCUT2D eigenvalue weighted by molar-refractivity contribution is 1.23. The minimum Gasteiger partial charge on any atom is -0.228 e. The average Bonchev–Trinajstić information content (AvgIpc) is 3.50. The second-order valence-electron chi connectivity index (χ2n) is 12.2. The van der Waals surface area contributed by atoms with Gasteiger partial charge in [-0.1, -0.05) is 121 Å². The Hall–Kier alpha value is -5.90. The molecule has 2 aromatic heterocycles. The number of thiophene rings is 1. The lowest BCUT2D eigenvalue weighted by atomic mass is 9.94. The molecule has 2 nitrogen and oxygen atoms in total. The van der Waals surface area contributed by atoms with E-state index in [1.807, 2.05) is 11.3 Å². The zero-order chi connectivity index (χ0) is 30.9. The fraction of sp³-hybridized carbons (Fsp3) is 0. The Labute approximate surface area is 275 Å². The highest BCUT2D eigenvalue weighted by Gasteiger charge is 2.15. The number of benzene rings is 8. The molecule has 0 saturated carbocycles. The van der Waals surface area contributed by atoms with Crippen molar-refractivity contribution in [1.29, 1.82) is 0 Å². The zero-order valence-electron chi connectivity index (χ0n) is 25.3. The lowest BCUT2D eigenvalue weighted by Gasteiger charge is -2.12. The first-order chi connectivity index (χ1) is 23.3. The average molecular weight is 615 g/mol. The first kappa shape index (κ1) is 26.3. The van der Waals surface area contributed by atoms with Crippen molar-refractivity contribution in [1.82, 2.24) is 9.97 Å². The van der Waals surface area contributed by atoms with E-state index in [9.17, 15) is 0 Å². The van der Waals surface area contributed by atoms with Crippen molar-refractivity contribution in [2.75, 3.05) is 0 Å². The quantitative estimate of drug-likeness (QED) is 0.185. The van der Waals surface area contributed by atoms with E-state index in [2.05, 4.69) is 158 Å². The van der Waals surface area contributed by atoms with E-state index in [4.69, 9.17) is 9.97 Å². The summed E-state index contributed by atoms with van der Waals surface area (Å²) in [5.74, 6) is 0.732. The van der Waals surface area contributed by atoms with Gasteiger partial charge in [-0.3, -0.25) is 0 Å². The van der Waals surface area contributed by atoms with Gasteiger partial charge < -0.3 is 0 Å². The van der Waals surface area contributed by atoms with Crippen LogP contribution in [0.2, 0.25) is 0 Å². The monoisotopic (exact) mass is 614 g/mol. The second kappa shape index (κ2) is 10.3. The van der Waals surface area contributed by atoms with Crippen LogP contribution in [0.3, 0.4) is 0 Å². The van der Waals surface area contributed by atoms with Crippen molar-refractivity contribution in [3.05, 3.63) is 158 Å². The first-order valence-corrected chi connectivity index (χ1v) is 16.7. The van der Waals surface area contributed by atoms with Crippen LogP contribution in [-0.4, -0.2) is 9.97 Å². The van der Waals surface area contributed by atoms with Crippen LogP contribution in [0.4, 0.5) is 0 Å². The third kappa shape index (κ3) is 4.25. The van der Waals surface area contributed by atoms with E-state index >= 15 is 0 Å². The Bertz CT molecular complexity index is 2850. The number of hydrogen-bond acceptors (Lipinski definition) is 3. The van der Waals surface area contributed by atoms with Crippen molar-refractivity contribution in [3.8, 4) is 33.8 Å². The van der Waals surface area contributed by atoms with Crippen molar-refractivity contribution in [3.63, 3.8) is 0 Å². The molecule has 0 bridgehead atoms. The molecule has 2 heterocycles. The molecule has 218 valence electrons. The van der Waals surface area contributed by atoms with E-state index in [-0.39, 0.29) is 0 Å². The normalized spacial score (nSPS) is 11.8. The Morgan fingerprint density at radius 1 is 0.362 bits per heavy atom. The molecule has 0 radical (unpaired) electrons. The summed E-state index contributed by atoms with van der Waals surface area (Å²) in [5.41, 5.74) is 6.34. The van der Waals surface area contributed by atoms with Gasteiger partial charge >= 0.3 is 0 Å². The van der Waals surface area contributed by atoms with Gasteiger partial charge in [0, 0.05) is 36.7 Å². The number of rotatable bonds is 3. The third-order valence-corrected chi connectivity index (χ3v) is 10.6. The SMILES string of the molecule is c1ccc(-c2cccc(-c3nc(-c4ccc5c(ccc6ccc7cc8c(cc7c65)sc5ccccc58)c4)nc4ccccc34)c2)cc1. The van der Waals surface area contributed by atoms with Crippen LogP contribution in [0.5, 0.6) is 0 Å². The molecule has 0 unspecified atom stereocenters. The molecule has 47 heavy (non-hydrogen) atoms. The summed E-state index contributed by atoms with van der Waals surface area (Å²) in [6, 6.07) is 56.7. The highest BCUT2D eigenvalue weighted by Crippen LogP contribution is 2.40. The van der Waals surface area contributed by atoms with Crippen molar-refractivity contribution < 1.29 is 0 Å². The second-order valence-corrected chi connectivity index (χ2v) is 13.3. The Balaban J connectivity index is 1.16. The molecule has 0 saturated heterocycles. The molecule has 0 atom stereocenters. The van der Waals surface area contributed by atoms with Gasteiger partial charge in [0.15, 0.2) is 5.82 Å². The molecular weight excluding hydrogens is 589 g/mol. The topological polar surface area (TPSA) is 25.8 Å². The van der Waals surface area contributed by atoms with E-state index in [1.165, 1.54) is 63.6 Å². The molecule has 3 heteroatoms. The summed E-state index contributed by atoms with van der Waals surface area (Å²) in [7, 11) is 0. The van der Waals surface area contributed by atoms with Gasteiger partial charge in [0.05, 0.1) is 11.2 Å². The molecule has 10 rings (SSSR count). The summed E-state index contributed by atoms with van der Waals surface area (Å²) in [6.45, 7) is 0. The van der Waals surface area contributed by atoms with Gasteiger partial charge in [0.1, 0.15) is 0 Å². The maximum absolute atomic E-state index is 5.24. The van der Waals surface area contributed by atoms with E-state index in [1.54, 1.807) is 0 Å². The summed E-state index contributed by atoms with van der Waals surface area (Å²) in [6.07, 6.45) is 0. The lowest BCUT2D eigenvalue weighted by Crippen LogP contribution is -1.95. The fourth-order valence-corrected chi connectivity index (χ4v) is 8.28. The predicted octanol–water partition coefficient (Wildman–Crippen LogP) is 12.5. The van der Waals surface area contributed by atoms with Crippen LogP contribution in [0, 0.1) is 0 Å². The maximum Gasteiger partial charge on any atom is 0.160 e. The molecule has 0 N–H and O–H groups in total. The molecule has 0 fully saturated rings. The van der Waals surface area contributed by atoms with Gasteiger partial charge in [0.2, 0.25) is 0 Å². The van der Waals surface area contributed by atoms with E-state index in [0.29, 0.717) is 0 Å². The molecule has 0 spiro atoms. The molecule has 0 amide bonds. The zero-order valence-corrected chi connectivity index (χ0v) is 26.1. The van der Waals surface area contributed by atoms with Gasteiger partial charge in [-0.15, -0.1) is 11.3 Å². The van der Waals surface area contributed by atoms with Crippen LogP contribution in [0.15, 0.2) is 158 Å². The van der Waals surface area contributed by atoms with Crippen molar-refractivity contribution in [2.24, 2.45) is 0 Å². The summed E-state index contributed by atoms with van der Waals surface area (Å²) >= 11 is 1.87. The number of nitrogens with zero attached hydrogens (tertiary/aromatic N) is 2. The number of hydrogen-bond donors (Lipinski definition) is 0. The van der Waals surface area contributed by atoms with Gasteiger partial charge in [0.25, 0.3) is 0 Å². The number of para-hydroxylation sites is 1. The van der Waals surface area contributed by atoms with Crippen molar-refractivity contribution in [2.45, 2.75) is 0 Å². The molecular formula is C44H26N2S. The first-order valence-electron chi connectivity index (χ1n) is 15.9.